The summed E-state index contributed by atoms with van der Waals surface area (Å²) in [4.78, 5) is 0.00498. The zero-order valence-electron chi connectivity index (χ0n) is 10.4. The van der Waals surface area contributed by atoms with Gasteiger partial charge in [-0.1, -0.05) is 6.07 Å². The molecule has 0 aromatic heterocycles. The van der Waals surface area contributed by atoms with Gasteiger partial charge in [0.25, 0.3) is 0 Å². The molecule has 0 aliphatic rings. The zero-order valence-corrected chi connectivity index (χ0v) is 11.2. The molecule has 2 N–H and O–H groups in total. The van der Waals surface area contributed by atoms with E-state index in [1.807, 2.05) is 0 Å². The minimum Gasteiger partial charge on any atom is -0.452 e. The van der Waals surface area contributed by atoms with Crippen molar-refractivity contribution in [3.63, 3.8) is 0 Å². The third kappa shape index (κ3) is 2.88. The van der Waals surface area contributed by atoms with Crippen molar-refractivity contribution in [1.29, 1.82) is 0 Å². The minimum absolute atomic E-state index is 0.00498. The van der Waals surface area contributed by atoms with Crippen molar-refractivity contribution in [2.75, 3.05) is 12.0 Å². The number of sulfone groups is 1. The molecule has 4 nitrogen and oxygen atoms in total. The normalized spacial score (nSPS) is 11.3. The van der Waals surface area contributed by atoms with E-state index in [-0.39, 0.29) is 16.3 Å². The highest BCUT2D eigenvalue weighted by atomic mass is 32.2. The molecule has 2 aromatic carbocycles. The van der Waals surface area contributed by atoms with Crippen LogP contribution in [0.1, 0.15) is 0 Å². The molecule has 7 heteroatoms. The second-order valence-electron chi connectivity index (χ2n) is 4.13. The van der Waals surface area contributed by atoms with Crippen LogP contribution in [-0.2, 0) is 9.84 Å². The summed E-state index contributed by atoms with van der Waals surface area (Å²) in [5.74, 6) is -2.76. The van der Waals surface area contributed by atoms with E-state index in [4.69, 9.17) is 10.5 Å². The molecule has 0 heterocycles. The SMILES string of the molecule is CS(=O)(=O)c1cccc(Oc2c(N)ccc(F)c2F)c1. The smallest absolute Gasteiger partial charge is 0.203 e. The Bertz CT molecular complexity index is 760. The number of nitrogen functional groups attached to an aromatic ring is 1. The van der Waals surface area contributed by atoms with E-state index in [0.29, 0.717) is 0 Å². The highest BCUT2D eigenvalue weighted by Crippen LogP contribution is 2.32. The first-order chi connectivity index (χ1) is 9.29. The van der Waals surface area contributed by atoms with Crippen molar-refractivity contribution in [2.24, 2.45) is 0 Å². The van der Waals surface area contributed by atoms with Crippen LogP contribution in [0.2, 0.25) is 0 Å². The lowest BCUT2D eigenvalue weighted by Gasteiger charge is -2.10. The van der Waals surface area contributed by atoms with Gasteiger partial charge in [-0.3, -0.25) is 0 Å². The summed E-state index contributed by atoms with van der Waals surface area (Å²) in [6, 6.07) is 7.46. The molecule has 0 amide bonds. The molecule has 0 radical (unpaired) electrons. The molecule has 0 saturated carbocycles. The number of benzene rings is 2. The van der Waals surface area contributed by atoms with Gasteiger partial charge in [-0.2, -0.15) is 4.39 Å². The molecule has 20 heavy (non-hydrogen) atoms. The molecule has 0 bridgehead atoms. The first-order valence-electron chi connectivity index (χ1n) is 5.50. The van der Waals surface area contributed by atoms with Crippen molar-refractivity contribution < 1.29 is 21.9 Å². The molecule has 0 fully saturated rings. The molecule has 0 saturated heterocycles. The quantitative estimate of drug-likeness (QED) is 0.885. The van der Waals surface area contributed by atoms with E-state index in [1.165, 1.54) is 24.3 Å². The zero-order chi connectivity index (χ0) is 14.9. The van der Waals surface area contributed by atoms with Crippen LogP contribution in [-0.4, -0.2) is 14.7 Å². The van der Waals surface area contributed by atoms with Crippen molar-refractivity contribution in [3.05, 3.63) is 48.0 Å². The van der Waals surface area contributed by atoms with Gasteiger partial charge < -0.3 is 10.5 Å². The van der Waals surface area contributed by atoms with E-state index < -0.39 is 27.2 Å². The average Bonchev–Trinajstić information content (AvgIpc) is 2.39. The third-order valence-electron chi connectivity index (χ3n) is 2.53. The lowest BCUT2D eigenvalue weighted by atomic mass is 10.2. The molecule has 0 aliphatic heterocycles. The second-order valence-corrected chi connectivity index (χ2v) is 6.14. The van der Waals surface area contributed by atoms with E-state index in [2.05, 4.69) is 0 Å². The van der Waals surface area contributed by atoms with Crippen molar-refractivity contribution in [2.45, 2.75) is 4.90 Å². The number of ether oxygens (including phenoxy) is 1. The van der Waals surface area contributed by atoms with E-state index >= 15 is 0 Å². The van der Waals surface area contributed by atoms with Gasteiger partial charge in [0.2, 0.25) is 5.82 Å². The summed E-state index contributed by atoms with van der Waals surface area (Å²) >= 11 is 0. The lowest BCUT2D eigenvalue weighted by molar-refractivity contribution is 0.417. The molecular formula is C13H11F2NO3S. The first-order valence-corrected chi connectivity index (χ1v) is 7.39. The fraction of sp³-hybridized carbons (Fsp3) is 0.0769. The summed E-state index contributed by atoms with van der Waals surface area (Å²) in [7, 11) is -3.43. The number of nitrogens with two attached hydrogens (primary N) is 1. The van der Waals surface area contributed by atoms with Gasteiger partial charge in [0.15, 0.2) is 21.4 Å². The lowest BCUT2D eigenvalue weighted by Crippen LogP contribution is -2.00. The highest BCUT2D eigenvalue weighted by Gasteiger charge is 2.15. The van der Waals surface area contributed by atoms with Crippen LogP contribution < -0.4 is 10.5 Å². The van der Waals surface area contributed by atoms with Crippen LogP contribution in [0.4, 0.5) is 14.5 Å². The van der Waals surface area contributed by atoms with Crippen molar-refractivity contribution >= 4 is 15.5 Å². The predicted molar refractivity (Wildman–Crippen MR) is 70.4 cm³/mol. The first kappa shape index (κ1) is 14.3. The van der Waals surface area contributed by atoms with Crippen LogP contribution in [0.3, 0.4) is 0 Å². The van der Waals surface area contributed by atoms with Gasteiger partial charge in [0, 0.05) is 6.26 Å². The maximum atomic E-state index is 13.6. The molecule has 2 rings (SSSR count). The van der Waals surface area contributed by atoms with E-state index in [0.717, 1.165) is 18.4 Å². The fourth-order valence-corrected chi connectivity index (χ4v) is 2.19. The summed E-state index contributed by atoms with van der Waals surface area (Å²) < 4.78 is 54.7. The Hall–Kier alpha value is -2.15. The Morgan fingerprint density at radius 2 is 1.85 bits per heavy atom. The highest BCUT2D eigenvalue weighted by molar-refractivity contribution is 7.90. The molecule has 0 unspecified atom stereocenters. The van der Waals surface area contributed by atoms with E-state index in [1.54, 1.807) is 0 Å². The summed E-state index contributed by atoms with van der Waals surface area (Å²) in [6.07, 6.45) is 1.03. The van der Waals surface area contributed by atoms with Gasteiger partial charge in [-0.05, 0) is 30.3 Å². The van der Waals surface area contributed by atoms with Crippen molar-refractivity contribution in [1.82, 2.24) is 0 Å². The number of halogens is 2. The van der Waals surface area contributed by atoms with Gasteiger partial charge in [-0.15, -0.1) is 0 Å². The van der Waals surface area contributed by atoms with Gasteiger partial charge in [0.05, 0.1) is 10.6 Å². The number of hydrogen-bond donors (Lipinski definition) is 1. The molecule has 0 spiro atoms. The summed E-state index contributed by atoms with van der Waals surface area (Å²) in [6.45, 7) is 0. The van der Waals surface area contributed by atoms with Crippen LogP contribution in [0.5, 0.6) is 11.5 Å². The predicted octanol–water partition coefficient (Wildman–Crippen LogP) is 2.74. The topological polar surface area (TPSA) is 69.4 Å². The van der Waals surface area contributed by atoms with Gasteiger partial charge in [0.1, 0.15) is 5.75 Å². The van der Waals surface area contributed by atoms with Crippen LogP contribution >= 0.6 is 0 Å². The van der Waals surface area contributed by atoms with Crippen LogP contribution in [0.15, 0.2) is 41.3 Å². The largest absolute Gasteiger partial charge is 0.452 e. The Labute approximate surface area is 114 Å². The fourth-order valence-electron chi connectivity index (χ4n) is 1.54. The van der Waals surface area contributed by atoms with E-state index in [9.17, 15) is 17.2 Å². The molecule has 106 valence electrons. The molecular weight excluding hydrogens is 288 g/mol. The molecule has 0 aliphatic carbocycles. The Kier molecular flexibility index (Phi) is 3.63. The summed E-state index contributed by atoms with van der Waals surface area (Å²) in [5, 5.41) is 0. The maximum absolute atomic E-state index is 13.6. The Balaban J connectivity index is 2.44. The summed E-state index contributed by atoms with van der Waals surface area (Å²) in [5.41, 5.74) is 5.42. The van der Waals surface area contributed by atoms with Crippen LogP contribution in [0.25, 0.3) is 0 Å². The number of rotatable bonds is 3. The van der Waals surface area contributed by atoms with Crippen molar-refractivity contribution in [3.8, 4) is 11.5 Å². The minimum atomic E-state index is -3.43. The number of anilines is 1. The third-order valence-corrected chi connectivity index (χ3v) is 3.64. The maximum Gasteiger partial charge on any atom is 0.203 e. The molecule has 0 atom stereocenters. The second kappa shape index (κ2) is 5.09. The van der Waals surface area contributed by atoms with Gasteiger partial charge in [-0.25, -0.2) is 12.8 Å². The molecule has 2 aromatic rings. The Morgan fingerprint density at radius 1 is 1.15 bits per heavy atom. The Morgan fingerprint density at radius 3 is 2.50 bits per heavy atom. The monoisotopic (exact) mass is 299 g/mol. The standard InChI is InChI=1S/C13H11F2NO3S/c1-20(17,18)9-4-2-3-8(7-9)19-13-11(16)6-5-10(14)12(13)15/h2-7H,16H2,1H3. The number of hydrogen-bond acceptors (Lipinski definition) is 4. The average molecular weight is 299 g/mol. The van der Waals surface area contributed by atoms with Gasteiger partial charge >= 0.3 is 0 Å². The van der Waals surface area contributed by atoms with Crippen LogP contribution in [0, 0.1) is 11.6 Å².